The standard InChI is InChI=1S/C8H10BrNO4S2/c1-2-10(5-7(11)12)16(13,14)8-6(9)3-4-15-8/h3-4H,2,5H2,1H3,(H,11,12). The summed E-state index contributed by atoms with van der Waals surface area (Å²) in [7, 11) is -3.71. The lowest BCUT2D eigenvalue weighted by atomic mass is 10.6. The Morgan fingerprint density at radius 3 is 2.62 bits per heavy atom. The topological polar surface area (TPSA) is 74.7 Å². The predicted octanol–water partition coefficient (Wildman–Crippen LogP) is 1.61. The summed E-state index contributed by atoms with van der Waals surface area (Å²) in [6.07, 6.45) is 0. The normalized spacial score (nSPS) is 11.9. The Balaban J connectivity index is 3.09. The minimum absolute atomic E-state index is 0.124. The van der Waals surface area contributed by atoms with E-state index in [1.165, 1.54) is 0 Å². The SMILES string of the molecule is CCN(CC(=O)O)S(=O)(=O)c1sccc1Br. The van der Waals surface area contributed by atoms with Crippen molar-refractivity contribution in [2.45, 2.75) is 11.1 Å². The van der Waals surface area contributed by atoms with Crippen LogP contribution >= 0.6 is 27.3 Å². The molecule has 0 bridgehead atoms. The highest BCUT2D eigenvalue weighted by Gasteiger charge is 2.28. The lowest BCUT2D eigenvalue weighted by molar-refractivity contribution is -0.137. The number of likely N-dealkylation sites (N-methyl/N-ethyl adjacent to an activating group) is 1. The molecule has 0 spiro atoms. The predicted molar refractivity (Wildman–Crippen MR) is 64.1 cm³/mol. The van der Waals surface area contributed by atoms with E-state index < -0.39 is 22.5 Å². The van der Waals surface area contributed by atoms with Crippen molar-refractivity contribution in [3.63, 3.8) is 0 Å². The quantitative estimate of drug-likeness (QED) is 0.891. The van der Waals surface area contributed by atoms with Crippen molar-refractivity contribution in [3.8, 4) is 0 Å². The highest BCUT2D eigenvalue weighted by Crippen LogP contribution is 2.30. The number of nitrogens with zero attached hydrogens (tertiary/aromatic N) is 1. The molecular formula is C8H10BrNO4S2. The van der Waals surface area contributed by atoms with E-state index in [0.717, 1.165) is 15.6 Å². The summed E-state index contributed by atoms with van der Waals surface area (Å²) in [6.45, 7) is 1.20. The van der Waals surface area contributed by atoms with Gasteiger partial charge in [-0.15, -0.1) is 11.3 Å². The number of carboxylic acids is 1. The minimum atomic E-state index is -3.71. The number of carboxylic acid groups (broad SMARTS) is 1. The molecule has 0 fully saturated rings. The van der Waals surface area contributed by atoms with Gasteiger partial charge < -0.3 is 5.11 Å². The number of hydrogen-bond donors (Lipinski definition) is 1. The van der Waals surface area contributed by atoms with E-state index in [1.54, 1.807) is 18.4 Å². The molecule has 0 atom stereocenters. The number of hydrogen-bond acceptors (Lipinski definition) is 4. The number of sulfonamides is 1. The van der Waals surface area contributed by atoms with Crippen LogP contribution in [0.25, 0.3) is 0 Å². The molecule has 0 aromatic carbocycles. The summed E-state index contributed by atoms with van der Waals surface area (Å²) in [5, 5.41) is 10.3. The van der Waals surface area contributed by atoms with Crippen LogP contribution in [0.5, 0.6) is 0 Å². The van der Waals surface area contributed by atoms with Crippen LogP contribution in [0.3, 0.4) is 0 Å². The summed E-state index contributed by atoms with van der Waals surface area (Å²) in [5.74, 6) is -1.17. The van der Waals surface area contributed by atoms with Crippen molar-refractivity contribution in [1.82, 2.24) is 4.31 Å². The molecule has 90 valence electrons. The monoisotopic (exact) mass is 327 g/mol. The van der Waals surface area contributed by atoms with Gasteiger partial charge in [-0.1, -0.05) is 6.92 Å². The fourth-order valence-corrected chi connectivity index (χ4v) is 4.95. The first-order valence-electron chi connectivity index (χ1n) is 4.34. The second kappa shape index (κ2) is 5.26. The molecule has 0 aliphatic carbocycles. The van der Waals surface area contributed by atoms with Gasteiger partial charge in [-0.3, -0.25) is 4.79 Å². The van der Waals surface area contributed by atoms with Gasteiger partial charge in [-0.2, -0.15) is 4.31 Å². The summed E-state index contributed by atoms with van der Waals surface area (Å²) in [5.41, 5.74) is 0. The average molecular weight is 328 g/mol. The van der Waals surface area contributed by atoms with E-state index in [9.17, 15) is 13.2 Å². The Hall–Kier alpha value is -0.440. The van der Waals surface area contributed by atoms with Gasteiger partial charge in [0.05, 0.1) is 0 Å². The minimum Gasteiger partial charge on any atom is -0.480 e. The first-order chi connectivity index (χ1) is 7.39. The first kappa shape index (κ1) is 13.6. The Labute approximate surface area is 106 Å². The number of halogens is 1. The van der Waals surface area contributed by atoms with Crippen LogP contribution < -0.4 is 0 Å². The molecule has 0 saturated heterocycles. The van der Waals surface area contributed by atoms with Crippen molar-refractivity contribution < 1.29 is 18.3 Å². The number of rotatable bonds is 5. The second-order valence-electron chi connectivity index (χ2n) is 2.88. The van der Waals surface area contributed by atoms with E-state index in [-0.39, 0.29) is 10.8 Å². The van der Waals surface area contributed by atoms with Crippen molar-refractivity contribution in [2.75, 3.05) is 13.1 Å². The molecule has 1 aromatic rings. The Bertz CT molecular complexity index is 482. The van der Waals surface area contributed by atoms with Crippen LogP contribution in [-0.2, 0) is 14.8 Å². The third-order valence-corrected chi connectivity index (χ3v) is 6.39. The Kier molecular flexibility index (Phi) is 4.48. The molecule has 8 heteroatoms. The third kappa shape index (κ3) is 2.82. The maximum atomic E-state index is 12.0. The molecule has 0 aliphatic heterocycles. The molecule has 0 aliphatic rings. The largest absolute Gasteiger partial charge is 0.480 e. The van der Waals surface area contributed by atoms with E-state index in [2.05, 4.69) is 15.9 Å². The number of thiophene rings is 1. The average Bonchev–Trinajstić information content (AvgIpc) is 2.60. The smallest absolute Gasteiger partial charge is 0.318 e. The zero-order chi connectivity index (χ0) is 12.3. The maximum Gasteiger partial charge on any atom is 0.318 e. The van der Waals surface area contributed by atoms with Crippen LogP contribution in [0.15, 0.2) is 20.1 Å². The highest BCUT2D eigenvalue weighted by atomic mass is 79.9. The first-order valence-corrected chi connectivity index (χ1v) is 7.45. The van der Waals surface area contributed by atoms with Gasteiger partial charge in [0.1, 0.15) is 10.8 Å². The van der Waals surface area contributed by atoms with Crippen molar-refractivity contribution in [3.05, 3.63) is 15.9 Å². The second-order valence-corrected chi connectivity index (χ2v) is 6.78. The van der Waals surface area contributed by atoms with Gasteiger partial charge in [0, 0.05) is 11.0 Å². The maximum absolute atomic E-state index is 12.0. The van der Waals surface area contributed by atoms with E-state index in [0.29, 0.717) is 4.47 Å². The van der Waals surface area contributed by atoms with Crippen molar-refractivity contribution in [1.29, 1.82) is 0 Å². The molecule has 1 heterocycles. The van der Waals surface area contributed by atoms with Gasteiger partial charge >= 0.3 is 5.97 Å². The van der Waals surface area contributed by atoms with Crippen LogP contribution in [-0.4, -0.2) is 36.9 Å². The lowest BCUT2D eigenvalue weighted by Gasteiger charge is -2.17. The molecule has 1 aromatic heterocycles. The van der Waals surface area contributed by atoms with Gasteiger partial charge in [-0.25, -0.2) is 8.42 Å². The molecule has 1 N–H and O–H groups in total. The third-order valence-electron chi connectivity index (χ3n) is 1.82. The van der Waals surface area contributed by atoms with E-state index in [4.69, 9.17) is 5.11 Å². The molecule has 0 saturated carbocycles. The summed E-state index contributed by atoms with van der Waals surface area (Å²) < 4.78 is 25.6. The van der Waals surface area contributed by atoms with Crippen molar-refractivity contribution >= 4 is 43.3 Å². The molecule has 1 rings (SSSR count). The number of aliphatic carboxylic acids is 1. The van der Waals surface area contributed by atoms with E-state index >= 15 is 0 Å². The molecule has 0 amide bonds. The molecule has 0 radical (unpaired) electrons. The molecular weight excluding hydrogens is 318 g/mol. The number of carbonyl (C=O) groups is 1. The van der Waals surface area contributed by atoms with Gasteiger partial charge in [-0.05, 0) is 27.4 Å². The lowest BCUT2D eigenvalue weighted by Crippen LogP contribution is -2.35. The fourth-order valence-electron chi connectivity index (χ4n) is 1.10. The summed E-state index contributed by atoms with van der Waals surface area (Å²) in [6, 6.07) is 1.62. The van der Waals surface area contributed by atoms with Gasteiger partial charge in [0.25, 0.3) is 10.0 Å². The highest BCUT2D eigenvalue weighted by molar-refractivity contribution is 9.10. The van der Waals surface area contributed by atoms with Crippen LogP contribution in [0, 0.1) is 0 Å². The molecule has 0 unspecified atom stereocenters. The summed E-state index contributed by atoms with van der Waals surface area (Å²) in [4.78, 5) is 10.6. The van der Waals surface area contributed by atoms with Gasteiger partial charge in [0.2, 0.25) is 0 Å². The van der Waals surface area contributed by atoms with E-state index in [1.807, 2.05) is 0 Å². The van der Waals surface area contributed by atoms with Crippen molar-refractivity contribution in [2.24, 2.45) is 0 Å². The Morgan fingerprint density at radius 2 is 2.25 bits per heavy atom. The zero-order valence-corrected chi connectivity index (χ0v) is 11.6. The molecule has 16 heavy (non-hydrogen) atoms. The fraction of sp³-hybridized carbons (Fsp3) is 0.375. The molecule has 5 nitrogen and oxygen atoms in total. The van der Waals surface area contributed by atoms with Crippen LogP contribution in [0.2, 0.25) is 0 Å². The van der Waals surface area contributed by atoms with Crippen LogP contribution in [0.1, 0.15) is 6.92 Å². The van der Waals surface area contributed by atoms with Gasteiger partial charge in [0.15, 0.2) is 0 Å². The summed E-state index contributed by atoms with van der Waals surface area (Å²) >= 11 is 4.18. The Morgan fingerprint density at radius 1 is 1.62 bits per heavy atom. The van der Waals surface area contributed by atoms with Crippen LogP contribution in [0.4, 0.5) is 0 Å². The zero-order valence-electron chi connectivity index (χ0n) is 8.38.